The van der Waals surface area contributed by atoms with Gasteiger partial charge in [0.1, 0.15) is 12.4 Å². The van der Waals surface area contributed by atoms with E-state index in [0.29, 0.717) is 35.1 Å². The van der Waals surface area contributed by atoms with Gasteiger partial charge in [0.25, 0.3) is 5.91 Å². The van der Waals surface area contributed by atoms with Gasteiger partial charge in [0.15, 0.2) is 0 Å². The van der Waals surface area contributed by atoms with Crippen molar-refractivity contribution in [2.24, 2.45) is 0 Å². The van der Waals surface area contributed by atoms with Crippen LogP contribution in [-0.2, 0) is 17.8 Å². The van der Waals surface area contributed by atoms with Crippen LogP contribution in [0.2, 0.25) is 10.0 Å². The van der Waals surface area contributed by atoms with Crippen LogP contribution in [0.4, 0.5) is 4.39 Å². The van der Waals surface area contributed by atoms with E-state index in [9.17, 15) is 14.0 Å². The summed E-state index contributed by atoms with van der Waals surface area (Å²) in [6.45, 7) is 4.35. The van der Waals surface area contributed by atoms with Crippen molar-refractivity contribution in [3.05, 3.63) is 105 Å². The molecule has 0 saturated carbocycles. The molecule has 0 radical (unpaired) electrons. The normalized spacial score (nSPS) is 11.2. The molecule has 1 heterocycles. The number of hydrogen-bond donors (Lipinski definition) is 1. The molecule has 0 fully saturated rings. The number of benzene rings is 3. The highest BCUT2D eigenvalue weighted by Crippen LogP contribution is 2.24. The molecule has 1 aromatic heterocycles. The third-order valence-corrected chi connectivity index (χ3v) is 7.06. The lowest BCUT2D eigenvalue weighted by molar-refractivity contribution is -0.132. The van der Waals surface area contributed by atoms with E-state index >= 15 is 0 Å². The van der Waals surface area contributed by atoms with Crippen molar-refractivity contribution in [1.82, 2.24) is 14.8 Å². The average molecular weight is 540 g/mol. The van der Waals surface area contributed by atoms with E-state index < -0.39 is 5.82 Å². The van der Waals surface area contributed by atoms with E-state index in [1.807, 2.05) is 50.4 Å². The van der Waals surface area contributed by atoms with Crippen molar-refractivity contribution in [2.75, 3.05) is 13.1 Å². The molecule has 192 valence electrons. The Morgan fingerprint density at radius 2 is 1.70 bits per heavy atom. The maximum atomic E-state index is 13.6. The summed E-state index contributed by atoms with van der Waals surface area (Å²) in [6.07, 6.45) is 2.59. The molecule has 0 saturated heterocycles. The quantitative estimate of drug-likeness (QED) is 0.256. The first-order valence-corrected chi connectivity index (χ1v) is 12.8. The first-order chi connectivity index (χ1) is 17.7. The Balaban J connectivity index is 1.56. The molecule has 0 unspecified atom stereocenters. The van der Waals surface area contributed by atoms with Crippen molar-refractivity contribution in [2.45, 2.75) is 32.9 Å². The summed E-state index contributed by atoms with van der Waals surface area (Å²) in [4.78, 5) is 33.3. The lowest BCUT2D eigenvalue weighted by Crippen LogP contribution is -2.46. The molecule has 0 atom stereocenters. The van der Waals surface area contributed by atoms with Crippen molar-refractivity contribution in [3.8, 4) is 0 Å². The van der Waals surface area contributed by atoms with Gasteiger partial charge in [-0.15, -0.1) is 0 Å². The monoisotopic (exact) mass is 539 g/mol. The molecular formula is C29H28Cl2FN3O2. The zero-order chi connectivity index (χ0) is 26.5. The molecule has 0 bridgehead atoms. The van der Waals surface area contributed by atoms with E-state index in [2.05, 4.69) is 4.98 Å². The largest absolute Gasteiger partial charge is 0.361 e. The highest BCUT2D eigenvalue weighted by Gasteiger charge is 2.25. The minimum absolute atomic E-state index is 0.108. The standard InChI is InChI=1S/C29H28Cl2FN3O2/c1-19(2)35(29(37)21-8-10-23(32)11-9-21)18-28(36)34(17-20-7-12-25(30)26(31)15-20)14-13-22-16-33-27-6-4-3-5-24(22)27/h3-12,15-16,19,33H,13-14,17-18H2,1-2H3. The predicted octanol–water partition coefficient (Wildman–Crippen LogP) is 6.74. The van der Waals surface area contributed by atoms with E-state index in [0.717, 1.165) is 22.0 Å². The van der Waals surface area contributed by atoms with Crippen LogP contribution in [0.5, 0.6) is 0 Å². The topological polar surface area (TPSA) is 56.4 Å². The smallest absolute Gasteiger partial charge is 0.254 e. The van der Waals surface area contributed by atoms with Crippen LogP contribution in [0.25, 0.3) is 10.9 Å². The molecule has 0 aliphatic carbocycles. The number of nitrogens with zero attached hydrogens (tertiary/aromatic N) is 2. The molecule has 0 aliphatic rings. The number of rotatable bonds is 9. The average Bonchev–Trinajstić information content (AvgIpc) is 3.30. The third-order valence-electron chi connectivity index (χ3n) is 6.32. The summed E-state index contributed by atoms with van der Waals surface area (Å²) in [5.41, 5.74) is 3.31. The zero-order valence-electron chi connectivity index (χ0n) is 20.7. The molecule has 4 aromatic rings. The van der Waals surface area contributed by atoms with Crippen molar-refractivity contribution < 1.29 is 14.0 Å². The van der Waals surface area contributed by atoms with Crippen LogP contribution < -0.4 is 0 Å². The minimum Gasteiger partial charge on any atom is -0.361 e. The van der Waals surface area contributed by atoms with Crippen molar-refractivity contribution in [3.63, 3.8) is 0 Å². The van der Waals surface area contributed by atoms with Crippen LogP contribution >= 0.6 is 23.2 Å². The zero-order valence-corrected chi connectivity index (χ0v) is 22.2. The number of H-pyrrole nitrogens is 1. The minimum atomic E-state index is -0.422. The number of aromatic nitrogens is 1. The summed E-state index contributed by atoms with van der Waals surface area (Å²) >= 11 is 12.3. The Bertz CT molecular complexity index is 1400. The number of para-hydroxylation sites is 1. The maximum absolute atomic E-state index is 13.6. The summed E-state index contributed by atoms with van der Waals surface area (Å²) in [5.74, 6) is -0.946. The van der Waals surface area contributed by atoms with E-state index in [-0.39, 0.29) is 24.4 Å². The lowest BCUT2D eigenvalue weighted by atomic mass is 10.1. The van der Waals surface area contributed by atoms with Crippen LogP contribution in [0.15, 0.2) is 72.9 Å². The van der Waals surface area contributed by atoms with Gasteiger partial charge in [-0.3, -0.25) is 9.59 Å². The Labute approximate surface area is 225 Å². The number of halogens is 3. The molecule has 2 amide bonds. The third kappa shape index (κ3) is 6.51. The molecule has 3 aromatic carbocycles. The fraction of sp³-hybridized carbons (Fsp3) is 0.241. The maximum Gasteiger partial charge on any atom is 0.254 e. The molecule has 4 rings (SSSR count). The van der Waals surface area contributed by atoms with Crippen LogP contribution in [0.3, 0.4) is 0 Å². The van der Waals surface area contributed by atoms with Gasteiger partial charge in [-0.05, 0) is 73.9 Å². The predicted molar refractivity (Wildman–Crippen MR) is 146 cm³/mol. The van der Waals surface area contributed by atoms with E-state index in [1.54, 1.807) is 17.0 Å². The number of fused-ring (bicyclic) bond motifs is 1. The van der Waals surface area contributed by atoms with Gasteiger partial charge in [0.05, 0.1) is 10.0 Å². The molecule has 0 aliphatic heterocycles. The summed E-state index contributed by atoms with van der Waals surface area (Å²) < 4.78 is 13.4. The van der Waals surface area contributed by atoms with Crippen LogP contribution in [0.1, 0.15) is 35.3 Å². The fourth-order valence-electron chi connectivity index (χ4n) is 4.24. The van der Waals surface area contributed by atoms with Gasteiger partial charge < -0.3 is 14.8 Å². The second-order valence-corrected chi connectivity index (χ2v) is 10.0. The Morgan fingerprint density at radius 3 is 2.41 bits per heavy atom. The number of aromatic amines is 1. The van der Waals surface area contributed by atoms with Gasteiger partial charge in [-0.1, -0.05) is 47.5 Å². The van der Waals surface area contributed by atoms with Gasteiger partial charge >= 0.3 is 0 Å². The van der Waals surface area contributed by atoms with Crippen LogP contribution in [0, 0.1) is 5.82 Å². The number of nitrogens with one attached hydrogen (secondary N) is 1. The lowest BCUT2D eigenvalue weighted by Gasteiger charge is -2.30. The number of carbonyl (C=O) groups is 2. The fourth-order valence-corrected chi connectivity index (χ4v) is 4.56. The second kappa shape index (κ2) is 11.8. The number of hydrogen-bond acceptors (Lipinski definition) is 2. The summed E-state index contributed by atoms with van der Waals surface area (Å²) in [7, 11) is 0. The Kier molecular flexibility index (Phi) is 8.52. The molecule has 37 heavy (non-hydrogen) atoms. The van der Waals surface area contributed by atoms with E-state index in [1.165, 1.54) is 29.2 Å². The molecule has 1 N–H and O–H groups in total. The molecular weight excluding hydrogens is 512 g/mol. The number of carbonyl (C=O) groups excluding carboxylic acids is 2. The van der Waals surface area contributed by atoms with Crippen LogP contribution in [-0.4, -0.2) is 45.7 Å². The molecule has 0 spiro atoms. The second-order valence-electron chi connectivity index (χ2n) is 9.21. The van der Waals surface area contributed by atoms with Crippen molar-refractivity contribution >= 4 is 45.9 Å². The first kappa shape index (κ1) is 26.7. The summed E-state index contributed by atoms with van der Waals surface area (Å²) in [6, 6.07) is 18.4. The highest BCUT2D eigenvalue weighted by molar-refractivity contribution is 6.42. The van der Waals surface area contributed by atoms with Gasteiger partial charge in [0.2, 0.25) is 5.91 Å². The number of amides is 2. The first-order valence-electron chi connectivity index (χ1n) is 12.1. The van der Waals surface area contributed by atoms with Gasteiger partial charge in [-0.2, -0.15) is 0 Å². The van der Waals surface area contributed by atoms with Gasteiger partial charge in [0, 0.05) is 41.8 Å². The molecule has 8 heteroatoms. The summed E-state index contributed by atoms with van der Waals surface area (Å²) in [5, 5.41) is 1.97. The Morgan fingerprint density at radius 1 is 0.973 bits per heavy atom. The Hall–Kier alpha value is -3.35. The highest BCUT2D eigenvalue weighted by atomic mass is 35.5. The van der Waals surface area contributed by atoms with Gasteiger partial charge in [-0.25, -0.2) is 4.39 Å². The van der Waals surface area contributed by atoms with E-state index in [4.69, 9.17) is 23.2 Å². The molecule has 5 nitrogen and oxygen atoms in total. The SMILES string of the molecule is CC(C)N(CC(=O)N(CCc1c[nH]c2ccccc12)Cc1ccc(Cl)c(Cl)c1)C(=O)c1ccc(F)cc1. The van der Waals surface area contributed by atoms with Crippen molar-refractivity contribution in [1.29, 1.82) is 0 Å².